The van der Waals surface area contributed by atoms with Gasteiger partial charge in [-0.25, -0.2) is 4.79 Å². The fourth-order valence-electron chi connectivity index (χ4n) is 1.91. The fraction of sp³-hybridized carbons (Fsp3) is 0.467. The van der Waals surface area contributed by atoms with Gasteiger partial charge in [-0.1, -0.05) is 20.8 Å². The van der Waals surface area contributed by atoms with E-state index in [4.69, 9.17) is 0 Å². The van der Waals surface area contributed by atoms with E-state index in [1.807, 2.05) is 32.9 Å². The van der Waals surface area contributed by atoms with Gasteiger partial charge in [0.25, 0.3) is 0 Å². The second-order valence-electron chi connectivity index (χ2n) is 6.14. The number of urea groups is 1. The molecule has 1 unspecified atom stereocenters. The molecular weight excluding hydrogens is 383 g/mol. The van der Waals surface area contributed by atoms with Crippen LogP contribution in [0.4, 0.5) is 10.5 Å². The lowest BCUT2D eigenvalue weighted by Gasteiger charge is -2.23. The van der Waals surface area contributed by atoms with Gasteiger partial charge in [0.1, 0.15) is 0 Å². The average Bonchev–Trinajstić information content (AvgIpc) is 2.35. The monoisotopic (exact) mass is 404 g/mol. The topological polar surface area (TPSA) is 78.4 Å². The van der Waals surface area contributed by atoms with E-state index in [1.54, 1.807) is 12.1 Å². The van der Waals surface area contributed by atoms with Crippen molar-refractivity contribution in [2.24, 2.45) is 11.3 Å². The van der Waals surface area contributed by atoms with E-state index in [9.17, 15) is 14.7 Å². The molecule has 2 amide bonds. The molecule has 1 atom stereocenters. The Balaban J connectivity index is 2.50. The molecule has 0 aliphatic heterocycles. The van der Waals surface area contributed by atoms with Crippen molar-refractivity contribution in [1.82, 2.24) is 5.32 Å². The molecule has 1 aromatic rings. The molecule has 0 aliphatic carbocycles. The van der Waals surface area contributed by atoms with Gasteiger partial charge in [-0.2, -0.15) is 0 Å². The Labute approximate surface area is 138 Å². The molecule has 5 nitrogen and oxygen atoms in total. The predicted molar refractivity (Wildman–Crippen MR) is 91.4 cm³/mol. The van der Waals surface area contributed by atoms with E-state index in [0.29, 0.717) is 12.1 Å². The molecule has 0 fully saturated rings. The summed E-state index contributed by atoms with van der Waals surface area (Å²) in [6.07, 6.45) is 0.506. The second kappa shape index (κ2) is 7.63. The molecule has 116 valence electrons. The summed E-state index contributed by atoms with van der Waals surface area (Å²) in [5.74, 6) is -1.48. The number of amides is 2. The zero-order chi connectivity index (χ0) is 16.0. The van der Waals surface area contributed by atoms with Crippen LogP contribution in [0.3, 0.4) is 0 Å². The summed E-state index contributed by atoms with van der Waals surface area (Å²) in [5, 5.41) is 14.5. The van der Waals surface area contributed by atoms with Gasteiger partial charge in [0.2, 0.25) is 0 Å². The number of carbonyl (C=O) groups excluding carboxylic acids is 1. The quantitative estimate of drug-likeness (QED) is 0.657. The molecule has 0 heterocycles. The highest BCUT2D eigenvalue weighted by molar-refractivity contribution is 14.1. The maximum atomic E-state index is 11.8. The van der Waals surface area contributed by atoms with E-state index in [0.717, 1.165) is 3.57 Å². The van der Waals surface area contributed by atoms with Gasteiger partial charge in [0.05, 0.1) is 5.92 Å². The summed E-state index contributed by atoms with van der Waals surface area (Å²) in [6.45, 7) is 6.06. The number of benzene rings is 1. The van der Waals surface area contributed by atoms with Gasteiger partial charge in [-0.05, 0) is 58.7 Å². The fourth-order valence-corrected chi connectivity index (χ4v) is 2.27. The van der Waals surface area contributed by atoms with Crippen molar-refractivity contribution >= 4 is 40.3 Å². The number of carbonyl (C=O) groups is 2. The Morgan fingerprint density at radius 1 is 1.24 bits per heavy atom. The van der Waals surface area contributed by atoms with Crippen molar-refractivity contribution < 1.29 is 14.7 Å². The predicted octanol–water partition coefficient (Wildman–Crippen LogP) is 3.55. The third kappa shape index (κ3) is 7.31. The minimum absolute atomic E-state index is 0.0999. The maximum Gasteiger partial charge on any atom is 0.319 e. The molecule has 1 aromatic carbocycles. The van der Waals surface area contributed by atoms with Gasteiger partial charge in [-0.3, -0.25) is 4.79 Å². The summed E-state index contributed by atoms with van der Waals surface area (Å²) in [7, 11) is 0. The maximum absolute atomic E-state index is 11.8. The van der Waals surface area contributed by atoms with Crippen molar-refractivity contribution in [2.75, 3.05) is 11.9 Å². The van der Waals surface area contributed by atoms with Crippen molar-refractivity contribution in [1.29, 1.82) is 0 Å². The van der Waals surface area contributed by atoms with Crippen LogP contribution in [0.5, 0.6) is 0 Å². The Morgan fingerprint density at radius 2 is 1.81 bits per heavy atom. The molecule has 6 heteroatoms. The number of carboxylic acid groups (broad SMARTS) is 1. The second-order valence-corrected chi connectivity index (χ2v) is 7.39. The number of halogens is 1. The van der Waals surface area contributed by atoms with Crippen LogP contribution in [0.1, 0.15) is 27.2 Å². The van der Waals surface area contributed by atoms with Crippen molar-refractivity contribution in [3.63, 3.8) is 0 Å². The van der Waals surface area contributed by atoms with E-state index in [2.05, 4.69) is 33.2 Å². The zero-order valence-electron chi connectivity index (χ0n) is 12.4. The zero-order valence-corrected chi connectivity index (χ0v) is 14.6. The van der Waals surface area contributed by atoms with Crippen LogP contribution in [0.2, 0.25) is 0 Å². The SMILES string of the molecule is CC(C)(C)CC(CNC(=O)Nc1ccc(I)cc1)C(=O)O. The highest BCUT2D eigenvalue weighted by Crippen LogP contribution is 2.24. The van der Waals surface area contributed by atoms with Gasteiger partial charge < -0.3 is 15.7 Å². The van der Waals surface area contributed by atoms with Gasteiger partial charge >= 0.3 is 12.0 Å². The first-order valence-corrected chi connectivity index (χ1v) is 7.78. The Hall–Kier alpha value is -1.31. The number of nitrogens with one attached hydrogen (secondary N) is 2. The summed E-state index contributed by atoms with van der Waals surface area (Å²) in [6, 6.07) is 6.97. The molecule has 3 N–H and O–H groups in total. The van der Waals surface area contributed by atoms with Gasteiger partial charge in [0.15, 0.2) is 0 Å². The number of hydrogen-bond acceptors (Lipinski definition) is 2. The first-order chi connectivity index (χ1) is 9.67. The molecular formula is C15H21IN2O3. The number of aliphatic carboxylic acids is 1. The molecule has 0 aliphatic rings. The van der Waals surface area contributed by atoms with Crippen LogP contribution in [-0.2, 0) is 4.79 Å². The van der Waals surface area contributed by atoms with Crippen LogP contribution < -0.4 is 10.6 Å². The molecule has 0 saturated carbocycles. The molecule has 0 spiro atoms. The van der Waals surface area contributed by atoms with Gasteiger partial charge in [-0.15, -0.1) is 0 Å². The summed E-state index contributed by atoms with van der Waals surface area (Å²) >= 11 is 2.18. The summed E-state index contributed by atoms with van der Waals surface area (Å²) in [5.41, 5.74) is 0.577. The van der Waals surface area contributed by atoms with Crippen molar-refractivity contribution in [3.8, 4) is 0 Å². The highest BCUT2D eigenvalue weighted by Gasteiger charge is 2.24. The first kappa shape index (κ1) is 17.7. The van der Waals surface area contributed by atoms with Crippen LogP contribution >= 0.6 is 22.6 Å². The number of anilines is 1. The molecule has 0 radical (unpaired) electrons. The van der Waals surface area contributed by atoms with Gasteiger partial charge in [0, 0.05) is 15.8 Å². The van der Waals surface area contributed by atoms with Crippen LogP contribution in [0, 0.1) is 14.9 Å². The average molecular weight is 404 g/mol. The number of hydrogen-bond donors (Lipinski definition) is 3. The Kier molecular flexibility index (Phi) is 6.44. The van der Waals surface area contributed by atoms with Crippen LogP contribution in [0.25, 0.3) is 0 Å². The minimum Gasteiger partial charge on any atom is -0.481 e. The normalized spacial score (nSPS) is 12.6. The van der Waals surface area contributed by atoms with E-state index in [1.165, 1.54) is 0 Å². The van der Waals surface area contributed by atoms with Crippen LogP contribution in [0.15, 0.2) is 24.3 Å². The van der Waals surface area contributed by atoms with E-state index in [-0.39, 0.29) is 12.0 Å². The van der Waals surface area contributed by atoms with Crippen molar-refractivity contribution in [3.05, 3.63) is 27.8 Å². The van der Waals surface area contributed by atoms with Crippen molar-refractivity contribution in [2.45, 2.75) is 27.2 Å². The number of rotatable bonds is 5. The molecule has 21 heavy (non-hydrogen) atoms. The lowest BCUT2D eigenvalue weighted by Crippen LogP contribution is -2.37. The largest absolute Gasteiger partial charge is 0.481 e. The lowest BCUT2D eigenvalue weighted by molar-refractivity contribution is -0.142. The lowest BCUT2D eigenvalue weighted by atomic mass is 9.84. The smallest absolute Gasteiger partial charge is 0.319 e. The third-order valence-electron chi connectivity index (χ3n) is 2.82. The molecule has 0 bridgehead atoms. The third-order valence-corrected chi connectivity index (χ3v) is 3.54. The van der Waals surface area contributed by atoms with E-state index < -0.39 is 17.9 Å². The van der Waals surface area contributed by atoms with Crippen LogP contribution in [-0.4, -0.2) is 23.7 Å². The summed E-state index contributed by atoms with van der Waals surface area (Å²) < 4.78 is 1.08. The Morgan fingerprint density at radius 3 is 2.29 bits per heavy atom. The standard InChI is InChI=1S/C15H21IN2O3/c1-15(2,3)8-10(13(19)20)9-17-14(21)18-12-6-4-11(16)5-7-12/h4-7,10H,8-9H2,1-3H3,(H,19,20)(H2,17,18,21). The molecule has 0 aromatic heterocycles. The number of carboxylic acids is 1. The minimum atomic E-state index is -0.889. The highest BCUT2D eigenvalue weighted by atomic mass is 127. The Bertz CT molecular complexity index is 495. The molecule has 1 rings (SSSR count). The van der Waals surface area contributed by atoms with E-state index >= 15 is 0 Å². The first-order valence-electron chi connectivity index (χ1n) is 6.70. The molecule has 0 saturated heterocycles. The summed E-state index contributed by atoms with van der Waals surface area (Å²) in [4.78, 5) is 23.0.